The monoisotopic (exact) mass is 464 g/mol. The number of nitrogens with zero attached hydrogens (tertiary/aromatic N) is 1. The van der Waals surface area contributed by atoms with Gasteiger partial charge in [-0.2, -0.15) is 0 Å². The van der Waals surface area contributed by atoms with Gasteiger partial charge in [-0.3, -0.25) is 9.59 Å². The van der Waals surface area contributed by atoms with Gasteiger partial charge in [0.15, 0.2) is 0 Å². The number of amides is 2. The molecule has 1 heterocycles. The highest BCUT2D eigenvalue weighted by Gasteiger charge is 2.33. The van der Waals surface area contributed by atoms with Crippen LogP contribution in [0.2, 0.25) is 0 Å². The zero-order chi connectivity index (χ0) is 23.9. The molecule has 1 aliphatic heterocycles. The molecule has 1 saturated heterocycles. The summed E-state index contributed by atoms with van der Waals surface area (Å²) in [7, 11) is 1.56. The number of rotatable bonds is 8. The number of methoxy groups -OCH3 is 1. The van der Waals surface area contributed by atoms with Gasteiger partial charge in [-0.05, 0) is 67.5 Å². The van der Waals surface area contributed by atoms with Crippen LogP contribution in [0.1, 0.15) is 72.6 Å². The summed E-state index contributed by atoms with van der Waals surface area (Å²) in [5, 5.41) is 2.90. The minimum Gasteiger partial charge on any atom is -0.496 e. The minimum absolute atomic E-state index is 0.0115. The third-order valence-electron chi connectivity index (χ3n) is 7.15. The quantitative estimate of drug-likeness (QED) is 0.503. The zero-order valence-electron chi connectivity index (χ0n) is 20.3. The summed E-state index contributed by atoms with van der Waals surface area (Å²) in [5.74, 6) is 2.42. The first-order chi connectivity index (χ1) is 16.6. The molecule has 182 valence electrons. The van der Waals surface area contributed by atoms with Crippen LogP contribution in [0.4, 0.5) is 5.69 Å². The standard InChI is InChI=1S/C28H36N2O4/c1-3-4-17-34-24-12-9-21(10-13-24)27(31)29-23-11-14-25(26(18-23)33-2)28(32)30-16-15-20-7-5-6-8-22(20)19-30/h9-14,18,20,22H,3-8,15-17,19H2,1-2H3,(H,29,31). The van der Waals surface area contributed by atoms with Gasteiger partial charge in [0.25, 0.3) is 11.8 Å². The summed E-state index contributed by atoms with van der Waals surface area (Å²) in [6.07, 6.45) is 8.30. The SMILES string of the molecule is CCCCOc1ccc(C(=O)Nc2ccc(C(=O)N3CCC4CCCCC4C3)c(OC)c2)cc1. The minimum atomic E-state index is -0.222. The lowest BCUT2D eigenvalue weighted by molar-refractivity contribution is 0.0518. The fraction of sp³-hybridized carbons (Fsp3) is 0.500. The van der Waals surface area contributed by atoms with Gasteiger partial charge in [-0.25, -0.2) is 0 Å². The normalized spacial score (nSPS) is 19.8. The van der Waals surface area contributed by atoms with E-state index in [1.165, 1.54) is 25.7 Å². The highest BCUT2D eigenvalue weighted by Crippen LogP contribution is 2.37. The lowest BCUT2D eigenvalue weighted by Crippen LogP contribution is -2.44. The number of fused-ring (bicyclic) bond motifs is 1. The number of anilines is 1. The van der Waals surface area contributed by atoms with E-state index >= 15 is 0 Å². The van der Waals surface area contributed by atoms with Crippen molar-refractivity contribution in [1.82, 2.24) is 4.90 Å². The van der Waals surface area contributed by atoms with Crippen LogP contribution in [0.5, 0.6) is 11.5 Å². The van der Waals surface area contributed by atoms with Crippen LogP contribution in [-0.2, 0) is 0 Å². The molecule has 0 spiro atoms. The van der Waals surface area contributed by atoms with E-state index in [0.29, 0.717) is 35.1 Å². The van der Waals surface area contributed by atoms with E-state index in [9.17, 15) is 9.59 Å². The fourth-order valence-corrected chi connectivity index (χ4v) is 5.14. The summed E-state index contributed by atoms with van der Waals surface area (Å²) in [6.45, 7) is 4.43. The molecular weight excluding hydrogens is 428 g/mol. The molecule has 1 N–H and O–H groups in total. The number of benzene rings is 2. The van der Waals surface area contributed by atoms with E-state index in [1.54, 1.807) is 37.4 Å². The molecule has 2 aliphatic rings. The zero-order valence-corrected chi connectivity index (χ0v) is 20.3. The van der Waals surface area contributed by atoms with Gasteiger partial charge in [0.2, 0.25) is 0 Å². The van der Waals surface area contributed by atoms with Crippen LogP contribution in [0.15, 0.2) is 42.5 Å². The average molecular weight is 465 g/mol. The number of carbonyl (C=O) groups is 2. The maximum absolute atomic E-state index is 13.3. The summed E-state index contributed by atoms with van der Waals surface area (Å²) in [5.41, 5.74) is 1.67. The van der Waals surface area contributed by atoms with Gasteiger partial charge < -0.3 is 19.7 Å². The van der Waals surface area contributed by atoms with Crippen molar-refractivity contribution in [2.75, 3.05) is 32.1 Å². The fourth-order valence-electron chi connectivity index (χ4n) is 5.14. The van der Waals surface area contributed by atoms with Crippen molar-refractivity contribution < 1.29 is 19.1 Å². The molecule has 2 atom stereocenters. The largest absolute Gasteiger partial charge is 0.496 e. The molecule has 34 heavy (non-hydrogen) atoms. The Morgan fingerprint density at radius 2 is 1.79 bits per heavy atom. The Kier molecular flexibility index (Phi) is 8.09. The second kappa shape index (κ2) is 11.4. The Morgan fingerprint density at radius 1 is 1.03 bits per heavy atom. The predicted octanol–water partition coefficient (Wildman–Crippen LogP) is 5.78. The third-order valence-corrected chi connectivity index (χ3v) is 7.15. The van der Waals surface area contributed by atoms with Crippen molar-refractivity contribution in [2.45, 2.75) is 51.9 Å². The van der Waals surface area contributed by atoms with E-state index in [4.69, 9.17) is 9.47 Å². The van der Waals surface area contributed by atoms with Crippen molar-refractivity contribution in [3.63, 3.8) is 0 Å². The number of piperidine rings is 1. The molecule has 4 rings (SSSR count). The van der Waals surface area contributed by atoms with Crippen molar-refractivity contribution in [2.24, 2.45) is 11.8 Å². The summed E-state index contributed by atoms with van der Waals surface area (Å²) < 4.78 is 11.2. The molecule has 2 fully saturated rings. The molecule has 1 aliphatic carbocycles. The Bertz CT molecular complexity index is 988. The predicted molar refractivity (Wildman–Crippen MR) is 134 cm³/mol. The Morgan fingerprint density at radius 3 is 2.53 bits per heavy atom. The van der Waals surface area contributed by atoms with Gasteiger partial charge in [-0.15, -0.1) is 0 Å². The number of unbranched alkanes of at least 4 members (excludes halogenated alkanes) is 1. The molecule has 1 saturated carbocycles. The molecule has 2 aromatic rings. The van der Waals surface area contributed by atoms with Crippen LogP contribution < -0.4 is 14.8 Å². The highest BCUT2D eigenvalue weighted by molar-refractivity contribution is 6.05. The summed E-state index contributed by atoms with van der Waals surface area (Å²) >= 11 is 0. The maximum Gasteiger partial charge on any atom is 0.257 e. The number of nitrogens with one attached hydrogen (secondary N) is 1. The Hall–Kier alpha value is -3.02. The van der Waals surface area contributed by atoms with Gasteiger partial charge in [0.1, 0.15) is 11.5 Å². The molecule has 0 bridgehead atoms. The van der Waals surface area contributed by atoms with Crippen molar-refractivity contribution >= 4 is 17.5 Å². The van der Waals surface area contributed by atoms with E-state index in [1.807, 2.05) is 17.0 Å². The van der Waals surface area contributed by atoms with Crippen LogP contribution >= 0.6 is 0 Å². The Balaban J connectivity index is 1.39. The van der Waals surface area contributed by atoms with E-state index in [0.717, 1.165) is 44.0 Å². The highest BCUT2D eigenvalue weighted by atomic mass is 16.5. The third kappa shape index (κ3) is 5.72. The first-order valence-corrected chi connectivity index (χ1v) is 12.6. The second-order valence-corrected chi connectivity index (χ2v) is 9.44. The molecule has 6 nitrogen and oxygen atoms in total. The van der Waals surface area contributed by atoms with Crippen LogP contribution in [0.25, 0.3) is 0 Å². The number of hydrogen-bond acceptors (Lipinski definition) is 4. The van der Waals surface area contributed by atoms with E-state index in [-0.39, 0.29) is 11.8 Å². The van der Waals surface area contributed by atoms with E-state index < -0.39 is 0 Å². The van der Waals surface area contributed by atoms with Crippen LogP contribution in [0, 0.1) is 11.8 Å². The number of hydrogen-bond donors (Lipinski definition) is 1. The number of ether oxygens (including phenoxy) is 2. The van der Waals surface area contributed by atoms with Crippen molar-refractivity contribution in [1.29, 1.82) is 0 Å². The molecule has 2 unspecified atom stereocenters. The van der Waals surface area contributed by atoms with Gasteiger partial charge >= 0.3 is 0 Å². The summed E-state index contributed by atoms with van der Waals surface area (Å²) in [4.78, 5) is 28.0. The summed E-state index contributed by atoms with van der Waals surface area (Å²) in [6, 6.07) is 12.4. The van der Waals surface area contributed by atoms with Crippen molar-refractivity contribution in [3.05, 3.63) is 53.6 Å². The lowest BCUT2D eigenvalue weighted by Gasteiger charge is -2.41. The molecule has 6 heteroatoms. The number of likely N-dealkylation sites (tertiary alicyclic amines) is 1. The topological polar surface area (TPSA) is 67.9 Å². The van der Waals surface area contributed by atoms with E-state index in [2.05, 4.69) is 12.2 Å². The molecule has 0 aromatic heterocycles. The first kappa shape index (κ1) is 24.1. The smallest absolute Gasteiger partial charge is 0.257 e. The Labute approximate surface area is 202 Å². The molecule has 0 radical (unpaired) electrons. The molecule has 2 aromatic carbocycles. The first-order valence-electron chi connectivity index (χ1n) is 12.6. The van der Waals surface area contributed by atoms with Crippen molar-refractivity contribution in [3.8, 4) is 11.5 Å². The second-order valence-electron chi connectivity index (χ2n) is 9.44. The average Bonchev–Trinajstić information content (AvgIpc) is 2.88. The van der Waals surface area contributed by atoms with Gasteiger partial charge in [-0.1, -0.05) is 32.6 Å². The van der Waals surface area contributed by atoms with Gasteiger partial charge in [0, 0.05) is 30.4 Å². The molecule has 2 amide bonds. The van der Waals surface area contributed by atoms with Gasteiger partial charge in [0.05, 0.1) is 19.3 Å². The number of carbonyl (C=O) groups excluding carboxylic acids is 2. The van der Waals surface area contributed by atoms with Crippen LogP contribution in [0.3, 0.4) is 0 Å². The molecular formula is C28H36N2O4. The maximum atomic E-state index is 13.3. The van der Waals surface area contributed by atoms with Crippen LogP contribution in [-0.4, -0.2) is 43.5 Å². The lowest BCUT2D eigenvalue weighted by atomic mass is 9.75.